The molecule has 3 aromatic rings. The predicted octanol–water partition coefficient (Wildman–Crippen LogP) is 2.03. The summed E-state index contributed by atoms with van der Waals surface area (Å²) >= 11 is 0. The van der Waals surface area contributed by atoms with Gasteiger partial charge in [0.15, 0.2) is 11.5 Å². The third kappa shape index (κ3) is 3.95. The fourth-order valence-corrected chi connectivity index (χ4v) is 2.46. The van der Waals surface area contributed by atoms with Crippen molar-refractivity contribution in [3.05, 3.63) is 60.0 Å². The van der Waals surface area contributed by atoms with Gasteiger partial charge in [0.25, 0.3) is 5.91 Å². The average Bonchev–Trinajstić information content (AvgIpc) is 3.04. The molecule has 0 unspecified atom stereocenters. The molecule has 0 saturated carbocycles. The van der Waals surface area contributed by atoms with Crippen molar-refractivity contribution in [2.24, 2.45) is 0 Å². The first-order chi connectivity index (χ1) is 12.2. The van der Waals surface area contributed by atoms with Gasteiger partial charge >= 0.3 is 0 Å². The lowest BCUT2D eigenvalue weighted by molar-refractivity contribution is 0.0780. The fourth-order valence-electron chi connectivity index (χ4n) is 2.46. The Hall–Kier alpha value is -2.93. The number of rotatable bonds is 7. The van der Waals surface area contributed by atoms with Gasteiger partial charge in [0.2, 0.25) is 0 Å². The van der Waals surface area contributed by atoms with Crippen LogP contribution in [-0.4, -0.2) is 52.8 Å². The van der Waals surface area contributed by atoms with E-state index in [-0.39, 0.29) is 5.91 Å². The summed E-state index contributed by atoms with van der Waals surface area (Å²) < 4.78 is 12.4. The van der Waals surface area contributed by atoms with Crippen LogP contribution in [0.15, 0.2) is 48.7 Å². The number of hydrogen-bond acceptors (Lipinski definition) is 5. The summed E-state index contributed by atoms with van der Waals surface area (Å²) in [7, 11) is 3.36. The smallest absolute Gasteiger partial charge is 0.254 e. The zero-order valence-electron chi connectivity index (χ0n) is 14.3. The summed E-state index contributed by atoms with van der Waals surface area (Å²) in [6.07, 6.45) is 1.88. The summed E-state index contributed by atoms with van der Waals surface area (Å²) in [4.78, 5) is 14.3. The number of hydrogen-bond donors (Lipinski definition) is 0. The van der Waals surface area contributed by atoms with E-state index in [2.05, 4.69) is 10.2 Å². The molecule has 3 rings (SSSR count). The molecule has 0 aliphatic heterocycles. The van der Waals surface area contributed by atoms with Crippen LogP contribution >= 0.6 is 0 Å². The molecule has 0 bridgehead atoms. The lowest BCUT2D eigenvalue weighted by Gasteiger charge is -2.16. The highest BCUT2D eigenvalue weighted by molar-refractivity contribution is 5.94. The van der Waals surface area contributed by atoms with Gasteiger partial charge in [0.05, 0.1) is 13.2 Å². The minimum Gasteiger partial charge on any atom is -0.491 e. The third-order valence-corrected chi connectivity index (χ3v) is 3.75. The lowest BCUT2D eigenvalue weighted by Crippen LogP contribution is -2.27. The monoisotopic (exact) mass is 340 g/mol. The summed E-state index contributed by atoms with van der Waals surface area (Å²) in [6.45, 7) is 1.30. The number of benzene rings is 1. The molecular weight excluding hydrogens is 320 g/mol. The topological polar surface area (TPSA) is 69.0 Å². The second-order valence-corrected chi connectivity index (χ2v) is 5.58. The number of nitrogens with zero attached hydrogens (tertiary/aromatic N) is 4. The molecule has 0 aliphatic rings. The number of aromatic nitrogens is 3. The Morgan fingerprint density at radius 2 is 2.04 bits per heavy atom. The van der Waals surface area contributed by atoms with Crippen LogP contribution in [0.5, 0.6) is 5.75 Å². The molecule has 7 heteroatoms. The van der Waals surface area contributed by atoms with Crippen molar-refractivity contribution in [2.45, 2.75) is 6.54 Å². The van der Waals surface area contributed by atoms with E-state index in [1.807, 2.05) is 34.9 Å². The minimum atomic E-state index is -0.107. The molecule has 0 N–H and O–H groups in total. The van der Waals surface area contributed by atoms with Crippen LogP contribution in [0.25, 0.3) is 5.65 Å². The van der Waals surface area contributed by atoms with E-state index in [0.717, 1.165) is 5.65 Å². The normalized spacial score (nSPS) is 10.8. The van der Waals surface area contributed by atoms with Crippen LogP contribution in [0.3, 0.4) is 0 Å². The van der Waals surface area contributed by atoms with Crippen molar-refractivity contribution in [1.82, 2.24) is 19.5 Å². The highest BCUT2D eigenvalue weighted by Crippen LogP contribution is 2.16. The molecule has 130 valence electrons. The van der Waals surface area contributed by atoms with Gasteiger partial charge in [-0.15, -0.1) is 10.2 Å². The second kappa shape index (κ2) is 7.76. The molecule has 25 heavy (non-hydrogen) atoms. The Labute approximate surface area is 145 Å². The molecule has 1 aromatic carbocycles. The maximum Gasteiger partial charge on any atom is 0.254 e. The molecule has 0 spiro atoms. The summed E-state index contributed by atoms with van der Waals surface area (Å²) in [5.41, 5.74) is 1.32. The Bertz CT molecular complexity index is 862. The van der Waals surface area contributed by atoms with Crippen molar-refractivity contribution < 1.29 is 14.3 Å². The highest BCUT2D eigenvalue weighted by atomic mass is 16.5. The summed E-state index contributed by atoms with van der Waals surface area (Å²) in [5, 5.41) is 8.26. The van der Waals surface area contributed by atoms with Gasteiger partial charge in [-0.25, -0.2) is 0 Å². The van der Waals surface area contributed by atoms with Crippen LogP contribution in [0.1, 0.15) is 16.2 Å². The Morgan fingerprint density at radius 1 is 1.16 bits per heavy atom. The predicted molar refractivity (Wildman–Crippen MR) is 92.6 cm³/mol. The van der Waals surface area contributed by atoms with E-state index in [1.165, 1.54) is 0 Å². The molecule has 1 amide bonds. The van der Waals surface area contributed by atoms with Gasteiger partial charge in [-0.3, -0.25) is 9.20 Å². The largest absolute Gasteiger partial charge is 0.491 e. The maximum absolute atomic E-state index is 12.7. The molecule has 0 saturated heterocycles. The molecule has 0 aliphatic carbocycles. The molecule has 0 radical (unpaired) electrons. The van der Waals surface area contributed by atoms with E-state index in [4.69, 9.17) is 9.47 Å². The van der Waals surface area contributed by atoms with E-state index in [0.29, 0.717) is 36.9 Å². The molecule has 0 fully saturated rings. The SMILES string of the molecule is COCCOc1cccc(C(=O)N(C)Cc2nnc3ccccn23)c1. The van der Waals surface area contributed by atoms with E-state index < -0.39 is 0 Å². The first kappa shape index (κ1) is 16.9. The van der Waals surface area contributed by atoms with Crippen LogP contribution in [0.4, 0.5) is 0 Å². The number of pyridine rings is 1. The van der Waals surface area contributed by atoms with E-state index in [1.54, 1.807) is 37.3 Å². The lowest BCUT2D eigenvalue weighted by atomic mass is 10.2. The molecule has 0 atom stereocenters. The Morgan fingerprint density at radius 3 is 2.88 bits per heavy atom. The third-order valence-electron chi connectivity index (χ3n) is 3.75. The highest BCUT2D eigenvalue weighted by Gasteiger charge is 2.15. The van der Waals surface area contributed by atoms with Gasteiger partial charge < -0.3 is 14.4 Å². The summed E-state index contributed by atoms with van der Waals surface area (Å²) in [6, 6.07) is 12.8. The second-order valence-electron chi connectivity index (χ2n) is 5.58. The van der Waals surface area contributed by atoms with Crippen LogP contribution in [-0.2, 0) is 11.3 Å². The summed E-state index contributed by atoms with van der Waals surface area (Å²) in [5.74, 6) is 1.24. The number of carbonyl (C=O) groups excluding carboxylic acids is 1. The standard InChI is InChI=1S/C18H20N4O3/c1-21(13-17-20-19-16-8-3-4-9-22(16)17)18(23)14-6-5-7-15(12-14)25-11-10-24-2/h3-9,12H,10-11,13H2,1-2H3. The van der Waals surface area contributed by atoms with Crippen molar-refractivity contribution in [1.29, 1.82) is 0 Å². The van der Waals surface area contributed by atoms with Crippen molar-refractivity contribution in [2.75, 3.05) is 27.4 Å². The number of carbonyl (C=O) groups is 1. The molecule has 7 nitrogen and oxygen atoms in total. The first-order valence-electron chi connectivity index (χ1n) is 7.95. The Kier molecular flexibility index (Phi) is 5.25. The van der Waals surface area contributed by atoms with Crippen LogP contribution in [0.2, 0.25) is 0 Å². The van der Waals surface area contributed by atoms with Gasteiger partial charge in [-0.2, -0.15) is 0 Å². The van der Waals surface area contributed by atoms with Crippen molar-refractivity contribution in [3.8, 4) is 5.75 Å². The number of fused-ring (bicyclic) bond motifs is 1. The Balaban J connectivity index is 1.71. The molecular formula is C18H20N4O3. The quantitative estimate of drug-likeness (QED) is 0.616. The van der Waals surface area contributed by atoms with Gasteiger partial charge in [0.1, 0.15) is 12.4 Å². The zero-order chi connectivity index (χ0) is 17.6. The van der Waals surface area contributed by atoms with Crippen molar-refractivity contribution >= 4 is 11.6 Å². The van der Waals surface area contributed by atoms with Gasteiger partial charge in [-0.05, 0) is 30.3 Å². The van der Waals surface area contributed by atoms with E-state index >= 15 is 0 Å². The fraction of sp³-hybridized carbons (Fsp3) is 0.278. The van der Waals surface area contributed by atoms with Crippen LogP contribution in [0, 0.1) is 0 Å². The van der Waals surface area contributed by atoms with Gasteiger partial charge in [-0.1, -0.05) is 12.1 Å². The molecule has 2 heterocycles. The average molecular weight is 340 g/mol. The first-order valence-corrected chi connectivity index (χ1v) is 7.95. The number of methoxy groups -OCH3 is 1. The van der Waals surface area contributed by atoms with E-state index in [9.17, 15) is 4.79 Å². The number of ether oxygens (including phenoxy) is 2. The van der Waals surface area contributed by atoms with Crippen LogP contribution < -0.4 is 4.74 Å². The van der Waals surface area contributed by atoms with Gasteiger partial charge in [0, 0.05) is 25.9 Å². The number of amides is 1. The maximum atomic E-state index is 12.7. The zero-order valence-corrected chi connectivity index (χ0v) is 14.3. The van der Waals surface area contributed by atoms with Crippen molar-refractivity contribution in [3.63, 3.8) is 0 Å². The molecule has 2 aromatic heterocycles. The minimum absolute atomic E-state index is 0.107.